The third-order valence-corrected chi connectivity index (χ3v) is 7.63. The molecule has 11 heteroatoms. The second-order valence-corrected chi connectivity index (χ2v) is 10.1. The molecule has 5 nitrogen and oxygen atoms in total. The highest BCUT2D eigenvalue weighted by Gasteiger charge is 2.38. The van der Waals surface area contributed by atoms with Crippen molar-refractivity contribution in [3.8, 4) is 5.69 Å². The second kappa shape index (κ2) is 10.2. The van der Waals surface area contributed by atoms with E-state index in [9.17, 15) is 26.3 Å². The van der Waals surface area contributed by atoms with Gasteiger partial charge in [0.25, 0.3) is 0 Å². The van der Waals surface area contributed by atoms with Crippen molar-refractivity contribution in [2.75, 3.05) is 0 Å². The quantitative estimate of drug-likeness (QED) is 0.328. The molecule has 0 spiro atoms. The van der Waals surface area contributed by atoms with E-state index in [-0.39, 0.29) is 11.1 Å². The fourth-order valence-corrected chi connectivity index (χ4v) is 5.85. The van der Waals surface area contributed by atoms with Crippen LogP contribution in [-0.2, 0) is 18.9 Å². The molecule has 200 valence electrons. The van der Waals surface area contributed by atoms with Gasteiger partial charge in [-0.3, -0.25) is 4.90 Å². The summed E-state index contributed by atoms with van der Waals surface area (Å²) in [5.74, 6) is 0. The van der Waals surface area contributed by atoms with Crippen molar-refractivity contribution in [1.82, 2.24) is 24.9 Å². The Morgan fingerprint density at radius 2 is 1.46 bits per heavy atom. The van der Waals surface area contributed by atoms with Gasteiger partial charge in [0, 0.05) is 24.0 Å². The summed E-state index contributed by atoms with van der Waals surface area (Å²) >= 11 is 0. The van der Waals surface area contributed by atoms with Crippen LogP contribution in [0.1, 0.15) is 81.2 Å². The van der Waals surface area contributed by atoms with Gasteiger partial charge in [0.2, 0.25) is 0 Å². The maximum Gasteiger partial charge on any atom is 0.433 e. The van der Waals surface area contributed by atoms with E-state index in [4.69, 9.17) is 0 Å². The monoisotopic (exact) mass is 525 g/mol. The number of hydrogen-bond acceptors (Lipinski definition) is 4. The van der Waals surface area contributed by atoms with Gasteiger partial charge in [0.05, 0.1) is 28.7 Å². The molecule has 2 aliphatic carbocycles. The summed E-state index contributed by atoms with van der Waals surface area (Å²) < 4.78 is 82.9. The summed E-state index contributed by atoms with van der Waals surface area (Å²) in [5, 5.41) is 8.22. The van der Waals surface area contributed by atoms with E-state index in [0.29, 0.717) is 24.3 Å². The van der Waals surface area contributed by atoms with Crippen LogP contribution in [0.2, 0.25) is 0 Å². The third-order valence-electron chi connectivity index (χ3n) is 7.63. The molecule has 0 saturated heterocycles. The SMILES string of the molecule is FC(F)(F)c1cc(-n2cc(CN(C3CCCCC3)C3CCCCC3)nn2)c2cccc(C(F)(F)F)c2n1. The Kier molecular flexibility index (Phi) is 7.17. The van der Waals surface area contributed by atoms with Gasteiger partial charge in [-0.05, 0) is 37.8 Å². The van der Waals surface area contributed by atoms with E-state index >= 15 is 0 Å². The predicted octanol–water partition coefficient (Wildman–Crippen LogP) is 7.32. The Labute approximate surface area is 210 Å². The first kappa shape index (κ1) is 25.9. The van der Waals surface area contributed by atoms with Crippen molar-refractivity contribution in [2.24, 2.45) is 0 Å². The minimum atomic E-state index is -4.93. The summed E-state index contributed by atoms with van der Waals surface area (Å²) in [6, 6.07) is 4.81. The Hall–Kier alpha value is -2.69. The smallest absolute Gasteiger partial charge is 0.291 e. The van der Waals surface area contributed by atoms with Crippen LogP contribution < -0.4 is 0 Å². The molecule has 2 heterocycles. The van der Waals surface area contributed by atoms with Crippen LogP contribution in [0.25, 0.3) is 16.6 Å². The lowest BCUT2D eigenvalue weighted by Crippen LogP contribution is -2.44. The third kappa shape index (κ3) is 5.61. The Bertz CT molecular complexity index is 1200. The van der Waals surface area contributed by atoms with Crippen LogP contribution in [0.3, 0.4) is 0 Å². The number of hydrogen-bond donors (Lipinski definition) is 0. The van der Waals surface area contributed by atoms with E-state index in [2.05, 4.69) is 20.2 Å². The molecule has 5 rings (SSSR count). The molecule has 1 aromatic carbocycles. The van der Waals surface area contributed by atoms with Gasteiger partial charge in [-0.2, -0.15) is 26.3 Å². The Morgan fingerprint density at radius 1 is 0.838 bits per heavy atom. The van der Waals surface area contributed by atoms with Crippen molar-refractivity contribution < 1.29 is 26.3 Å². The number of para-hydroxylation sites is 1. The van der Waals surface area contributed by atoms with Gasteiger partial charge in [0.1, 0.15) is 5.69 Å². The van der Waals surface area contributed by atoms with Gasteiger partial charge >= 0.3 is 12.4 Å². The molecule has 0 N–H and O–H groups in total. The van der Waals surface area contributed by atoms with E-state index in [0.717, 1.165) is 48.6 Å². The standard InChI is InChI=1S/C26H29F6N5/c27-25(28,29)21-13-7-12-20-22(14-23(26(30,31)32)33-24(20)21)37-16-17(34-35-37)15-36(18-8-3-1-4-9-18)19-10-5-2-6-11-19/h7,12-14,16,18-19H,1-6,8-11,15H2. The Balaban J connectivity index is 1.53. The van der Waals surface area contributed by atoms with Crippen LogP contribution in [0, 0.1) is 0 Å². The molecule has 0 atom stereocenters. The Morgan fingerprint density at radius 3 is 2.03 bits per heavy atom. The summed E-state index contributed by atoms with van der Waals surface area (Å²) in [7, 11) is 0. The molecule has 2 fully saturated rings. The molecule has 2 saturated carbocycles. The molecular weight excluding hydrogens is 496 g/mol. The number of pyridine rings is 1. The first-order valence-corrected chi connectivity index (χ1v) is 12.9. The van der Waals surface area contributed by atoms with E-state index in [1.807, 2.05) is 0 Å². The predicted molar refractivity (Wildman–Crippen MR) is 126 cm³/mol. The lowest BCUT2D eigenvalue weighted by molar-refractivity contribution is -0.142. The second-order valence-electron chi connectivity index (χ2n) is 10.1. The summed E-state index contributed by atoms with van der Waals surface area (Å²) in [6.45, 7) is 0.512. The largest absolute Gasteiger partial charge is 0.433 e. The van der Waals surface area contributed by atoms with Gasteiger partial charge in [-0.1, -0.05) is 55.9 Å². The highest BCUT2D eigenvalue weighted by Crippen LogP contribution is 2.38. The van der Waals surface area contributed by atoms with Gasteiger partial charge in [0.15, 0.2) is 0 Å². The molecule has 0 amide bonds. The van der Waals surface area contributed by atoms with Crippen molar-refractivity contribution in [1.29, 1.82) is 0 Å². The lowest BCUT2D eigenvalue weighted by atomic mass is 9.88. The number of halogens is 6. The van der Waals surface area contributed by atoms with E-state index in [1.54, 1.807) is 0 Å². The van der Waals surface area contributed by atoms with Crippen molar-refractivity contribution in [3.63, 3.8) is 0 Å². The fourth-order valence-electron chi connectivity index (χ4n) is 5.85. The molecule has 0 radical (unpaired) electrons. The average Bonchev–Trinajstić information content (AvgIpc) is 3.34. The first-order chi connectivity index (χ1) is 17.6. The number of rotatable bonds is 5. The first-order valence-electron chi connectivity index (χ1n) is 12.9. The normalized spacial score (nSPS) is 18.7. The minimum Gasteiger partial charge on any atom is -0.291 e. The van der Waals surface area contributed by atoms with Gasteiger partial charge < -0.3 is 0 Å². The number of benzene rings is 1. The minimum absolute atomic E-state index is 0.0734. The molecule has 3 aromatic rings. The van der Waals surface area contributed by atoms with Crippen LogP contribution in [-0.4, -0.2) is 37.0 Å². The topological polar surface area (TPSA) is 46.8 Å². The highest BCUT2D eigenvalue weighted by molar-refractivity contribution is 5.90. The van der Waals surface area contributed by atoms with Crippen molar-refractivity contribution in [2.45, 2.75) is 95.2 Å². The number of nitrogens with zero attached hydrogens (tertiary/aromatic N) is 5. The zero-order valence-electron chi connectivity index (χ0n) is 20.3. The molecule has 2 aliphatic rings. The average molecular weight is 526 g/mol. The zero-order valence-corrected chi connectivity index (χ0v) is 20.3. The molecule has 0 aliphatic heterocycles. The number of aromatic nitrogens is 4. The summed E-state index contributed by atoms with van der Waals surface area (Å²) in [5.41, 5.74) is -2.94. The van der Waals surface area contributed by atoms with Crippen LogP contribution in [0.5, 0.6) is 0 Å². The number of fused-ring (bicyclic) bond motifs is 1. The number of alkyl halides is 6. The zero-order chi connectivity index (χ0) is 26.2. The van der Waals surface area contributed by atoms with E-state index in [1.165, 1.54) is 50.8 Å². The summed E-state index contributed by atoms with van der Waals surface area (Å²) in [6.07, 6.45) is 3.31. The van der Waals surface area contributed by atoms with Crippen LogP contribution in [0.15, 0.2) is 30.5 Å². The molecule has 0 unspecified atom stereocenters. The summed E-state index contributed by atoms with van der Waals surface area (Å²) in [4.78, 5) is 5.85. The molecular formula is C26H29F6N5. The maximum atomic E-state index is 13.6. The van der Waals surface area contributed by atoms with E-state index < -0.39 is 29.1 Å². The van der Waals surface area contributed by atoms with Crippen LogP contribution >= 0.6 is 0 Å². The van der Waals surface area contributed by atoms with Crippen molar-refractivity contribution in [3.05, 3.63) is 47.4 Å². The van der Waals surface area contributed by atoms with Crippen molar-refractivity contribution >= 4 is 10.9 Å². The van der Waals surface area contributed by atoms with Gasteiger partial charge in [-0.25, -0.2) is 9.67 Å². The fraction of sp³-hybridized carbons (Fsp3) is 0.577. The molecule has 2 aromatic heterocycles. The maximum absolute atomic E-state index is 13.6. The highest BCUT2D eigenvalue weighted by atomic mass is 19.4. The molecule has 0 bridgehead atoms. The molecule has 37 heavy (non-hydrogen) atoms. The van der Waals surface area contributed by atoms with Gasteiger partial charge in [-0.15, -0.1) is 5.10 Å². The van der Waals surface area contributed by atoms with Crippen LogP contribution in [0.4, 0.5) is 26.3 Å². The lowest BCUT2D eigenvalue weighted by Gasteiger charge is -2.41.